The SMILES string of the molecule is Cc1ccc(F)c(NC(=O)CCc2ccc(Cl)cc2)c1. The van der Waals surface area contributed by atoms with E-state index < -0.39 is 5.82 Å². The van der Waals surface area contributed by atoms with Gasteiger partial charge in [0.05, 0.1) is 5.69 Å². The Morgan fingerprint density at radius 3 is 2.60 bits per heavy atom. The fourth-order valence-corrected chi connectivity index (χ4v) is 1.98. The van der Waals surface area contributed by atoms with Gasteiger partial charge >= 0.3 is 0 Å². The van der Waals surface area contributed by atoms with Crippen molar-refractivity contribution in [2.75, 3.05) is 5.32 Å². The molecule has 0 bridgehead atoms. The Bertz CT molecular complexity index is 610. The Morgan fingerprint density at radius 2 is 1.90 bits per heavy atom. The van der Waals surface area contributed by atoms with Gasteiger partial charge in [-0.25, -0.2) is 4.39 Å². The topological polar surface area (TPSA) is 29.1 Å². The average molecular weight is 292 g/mol. The summed E-state index contributed by atoms with van der Waals surface area (Å²) in [7, 11) is 0. The van der Waals surface area contributed by atoms with Crippen LogP contribution in [0.25, 0.3) is 0 Å². The first-order valence-corrected chi connectivity index (χ1v) is 6.73. The second kappa shape index (κ2) is 6.53. The van der Waals surface area contributed by atoms with Gasteiger partial charge in [-0.15, -0.1) is 0 Å². The molecule has 0 atom stereocenters. The maximum atomic E-state index is 13.5. The summed E-state index contributed by atoms with van der Waals surface area (Å²) in [5.41, 5.74) is 2.15. The summed E-state index contributed by atoms with van der Waals surface area (Å²) in [6.07, 6.45) is 0.894. The zero-order valence-electron chi connectivity index (χ0n) is 11.1. The van der Waals surface area contributed by atoms with Crippen LogP contribution in [0.4, 0.5) is 10.1 Å². The van der Waals surface area contributed by atoms with E-state index in [0.717, 1.165) is 11.1 Å². The van der Waals surface area contributed by atoms with E-state index >= 15 is 0 Å². The lowest BCUT2D eigenvalue weighted by Gasteiger charge is -2.07. The van der Waals surface area contributed by atoms with Gasteiger partial charge in [0, 0.05) is 11.4 Å². The van der Waals surface area contributed by atoms with E-state index in [1.807, 2.05) is 19.1 Å². The van der Waals surface area contributed by atoms with Crippen LogP contribution in [0.15, 0.2) is 42.5 Å². The maximum Gasteiger partial charge on any atom is 0.224 e. The first-order valence-electron chi connectivity index (χ1n) is 6.35. The molecule has 0 fully saturated rings. The van der Waals surface area contributed by atoms with Gasteiger partial charge in [0.15, 0.2) is 0 Å². The fourth-order valence-electron chi connectivity index (χ4n) is 1.86. The van der Waals surface area contributed by atoms with Gasteiger partial charge in [0.1, 0.15) is 5.82 Å². The van der Waals surface area contributed by atoms with Crippen LogP contribution in [-0.4, -0.2) is 5.91 Å². The molecule has 0 saturated carbocycles. The Kier molecular flexibility index (Phi) is 4.74. The highest BCUT2D eigenvalue weighted by Crippen LogP contribution is 2.16. The van der Waals surface area contributed by atoms with Gasteiger partial charge in [-0.1, -0.05) is 29.8 Å². The Hall–Kier alpha value is -1.87. The second-order valence-corrected chi connectivity index (χ2v) is 5.09. The lowest BCUT2D eigenvalue weighted by atomic mass is 10.1. The van der Waals surface area contributed by atoms with Crippen molar-refractivity contribution >= 4 is 23.2 Å². The Labute approximate surface area is 122 Å². The number of nitrogens with one attached hydrogen (secondary N) is 1. The number of amides is 1. The molecular weight excluding hydrogens is 277 g/mol. The first kappa shape index (κ1) is 14.5. The third-order valence-electron chi connectivity index (χ3n) is 2.95. The molecule has 20 heavy (non-hydrogen) atoms. The van der Waals surface area contributed by atoms with Gasteiger partial charge in [0.25, 0.3) is 0 Å². The summed E-state index contributed by atoms with van der Waals surface area (Å²) in [6, 6.07) is 12.0. The van der Waals surface area contributed by atoms with Crippen LogP contribution in [0.2, 0.25) is 5.02 Å². The van der Waals surface area contributed by atoms with Crippen LogP contribution < -0.4 is 5.32 Å². The summed E-state index contributed by atoms with van der Waals surface area (Å²) >= 11 is 5.79. The summed E-state index contributed by atoms with van der Waals surface area (Å²) in [4.78, 5) is 11.8. The summed E-state index contributed by atoms with van der Waals surface area (Å²) in [5, 5.41) is 3.26. The number of benzene rings is 2. The van der Waals surface area contributed by atoms with Crippen molar-refractivity contribution in [3.05, 3.63) is 64.4 Å². The van der Waals surface area contributed by atoms with Crippen LogP contribution in [0, 0.1) is 12.7 Å². The van der Waals surface area contributed by atoms with Gasteiger partial charge in [0.2, 0.25) is 5.91 Å². The van der Waals surface area contributed by atoms with Gasteiger partial charge in [-0.3, -0.25) is 4.79 Å². The molecule has 2 aromatic rings. The average Bonchev–Trinajstić information content (AvgIpc) is 2.42. The Morgan fingerprint density at radius 1 is 1.20 bits per heavy atom. The highest BCUT2D eigenvalue weighted by Gasteiger charge is 2.07. The number of aryl methyl sites for hydroxylation is 2. The van der Waals surface area contributed by atoms with Crippen molar-refractivity contribution in [3.63, 3.8) is 0 Å². The number of halogens is 2. The zero-order chi connectivity index (χ0) is 14.5. The number of carbonyl (C=O) groups is 1. The monoisotopic (exact) mass is 291 g/mol. The van der Waals surface area contributed by atoms with Crippen LogP contribution in [0.5, 0.6) is 0 Å². The van der Waals surface area contributed by atoms with Crippen LogP contribution in [0.1, 0.15) is 17.5 Å². The maximum absolute atomic E-state index is 13.5. The molecule has 2 nitrogen and oxygen atoms in total. The van der Waals surface area contributed by atoms with E-state index in [1.165, 1.54) is 6.07 Å². The zero-order valence-corrected chi connectivity index (χ0v) is 11.9. The second-order valence-electron chi connectivity index (χ2n) is 4.66. The van der Waals surface area contributed by atoms with E-state index in [2.05, 4.69) is 5.32 Å². The molecule has 0 spiro atoms. The minimum absolute atomic E-state index is 0.204. The largest absolute Gasteiger partial charge is 0.324 e. The molecule has 2 rings (SSSR count). The molecule has 0 unspecified atom stereocenters. The van der Waals surface area contributed by atoms with E-state index in [0.29, 0.717) is 17.9 Å². The van der Waals surface area contributed by atoms with E-state index in [-0.39, 0.29) is 11.6 Å². The molecule has 0 heterocycles. The third kappa shape index (κ3) is 4.07. The predicted molar refractivity (Wildman–Crippen MR) is 79.5 cm³/mol. The minimum atomic E-state index is -0.421. The van der Waals surface area contributed by atoms with Gasteiger partial charge < -0.3 is 5.32 Å². The lowest BCUT2D eigenvalue weighted by molar-refractivity contribution is -0.116. The Balaban J connectivity index is 1.92. The molecule has 1 amide bonds. The van der Waals surface area contributed by atoms with Gasteiger partial charge in [-0.05, 0) is 48.7 Å². The molecule has 2 aromatic carbocycles. The normalized spacial score (nSPS) is 10.3. The molecular formula is C16H15ClFNO. The molecule has 104 valence electrons. The first-order chi connectivity index (χ1) is 9.54. The van der Waals surface area contributed by atoms with E-state index in [1.54, 1.807) is 24.3 Å². The minimum Gasteiger partial charge on any atom is -0.324 e. The van der Waals surface area contributed by atoms with Crippen molar-refractivity contribution in [3.8, 4) is 0 Å². The highest BCUT2D eigenvalue weighted by atomic mass is 35.5. The molecule has 0 aliphatic rings. The quantitative estimate of drug-likeness (QED) is 0.891. The lowest BCUT2D eigenvalue weighted by Crippen LogP contribution is -2.13. The number of rotatable bonds is 4. The number of anilines is 1. The van der Waals surface area contributed by atoms with Crippen molar-refractivity contribution in [2.45, 2.75) is 19.8 Å². The molecule has 1 N–H and O–H groups in total. The van der Waals surface area contributed by atoms with Gasteiger partial charge in [-0.2, -0.15) is 0 Å². The van der Waals surface area contributed by atoms with Crippen LogP contribution >= 0.6 is 11.6 Å². The highest BCUT2D eigenvalue weighted by molar-refractivity contribution is 6.30. The number of hydrogen-bond acceptors (Lipinski definition) is 1. The van der Waals surface area contributed by atoms with E-state index in [9.17, 15) is 9.18 Å². The summed E-state index contributed by atoms with van der Waals surface area (Å²) in [6.45, 7) is 1.85. The van der Waals surface area contributed by atoms with Crippen molar-refractivity contribution < 1.29 is 9.18 Å². The molecule has 4 heteroatoms. The molecule has 0 saturated heterocycles. The molecule has 0 aromatic heterocycles. The molecule has 0 radical (unpaired) electrons. The summed E-state index contributed by atoms with van der Waals surface area (Å²) < 4.78 is 13.5. The summed E-state index contributed by atoms with van der Waals surface area (Å²) in [5.74, 6) is -0.625. The number of carbonyl (C=O) groups excluding carboxylic acids is 1. The van der Waals surface area contributed by atoms with Crippen molar-refractivity contribution in [2.24, 2.45) is 0 Å². The van der Waals surface area contributed by atoms with Crippen LogP contribution in [-0.2, 0) is 11.2 Å². The standard InChI is InChI=1S/C16H15ClFNO/c1-11-2-8-14(18)15(10-11)19-16(20)9-5-12-3-6-13(17)7-4-12/h2-4,6-8,10H,5,9H2,1H3,(H,19,20). The van der Waals surface area contributed by atoms with Crippen molar-refractivity contribution in [1.29, 1.82) is 0 Å². The third-order valence-corrected chi connectivity index (χ3v) is 3.20. The van der Waals surface area contributed by atoms with Crippen LogP contribution in [0.3, 0.4) is 0 Å². The molecule has 0 aliphatic carbocycles. The fraction of sp³-hybridized carbons (Fsp3) is 0.188. The van der Waals surface area contributed by atoms with Crippen molar-refractivity contribution in [1.82, 2.24) is 0 Å². The smallest absolute Gasteiger partial charge is 0.224 e. The molecule has 0 aliphatic heterocycles. The predicted octanol–water partition coefficient (Wildman–Crippen LogP) is 4.36. The van der Waals surface area contributed by atoms with E-state index in [4.69, 9.17) is 11.6 Å². The number of hydrogen-bond donors (Lipinski definition) is 1.